The summed E-state index contributed by atoms with van der Waals surface area (Å²) in [5.74, 6) is 0.720. The largest absolute Gasteiger partial charge is 0.472 e. The Hall–Kier alpha value is -4.00. The molecule has 0 unspecified atom stereocenters. The first-order chi connectivity index (χ1) is 18.3. The smallest absolute Gasteiger partial charge is 0.0980 e. The van der Waals surface area contributed by atoms with Crippen LogP contribution in [0.15, 0.2) is 101 Å². The fraction of sp³-hybridized carbons (Fsp3) is 0.226. The van der Waals surface area contributed by atoms with Crippen LogP contribution in [0.25, 0.3) is 44.8 Å². The van der Waals surface area contributed by atoms with Gasteiger partial charge in [0.05, 0.1) is 48.3 Å². The van der Waals surface area contributed by atoms with Crippen molar-refractivity contribution in [3.8, 4) is 44.8 Å². The minimum absolute atomic E-state index is 0.705. The molecule has 2 aromatic carbocycles. The maximum absolute atomic E-state index is 5.26. The Labute approximate surface area is 216 Å². The molecule has 1 aliphatic heterocycles. The molecule has 186 valence electrons. The molecule has 3 aromatic heterocycles. The van der Waals surface area contributed by atoms with Gasteiger partial charge in [0.15, 0.2) is 0 Å². The maximum Gasteiger partial charge on any atom is 0.0980 e. The average molecular weight is 491 g/mol. The van der Waals surface area contributed by atoms with Crippen molar-refractivity contribution in [2.45, 2.75) is 19.4 Å². The fourth-order valence-corrected chi connectivity index (χ4v) is 4.91. The zero-order valence-electron chi connectivity index (χ0n) is 20.7. The van der Waals surface area contributed by atoms with Gasteiger partial charge < -0.3 is 19.5 Å². The number of furan rings is 2. The number of hydrogen-bond donors (Lipinski definition) is 2. The molecule has 0 radical (unpaired) electrons. The average Bonchev–Trinajstić information content (AvgIpc) is 3.69. The van der Waals surface area contributed by atoms with E-state index in [4.69, 9.17) is 18.8 Å². The van der Waals surface area contributed by atoms with Crippen molar-refractivity contribution in [1.29, 1.82) is 0 Å². The number of nitrogens with zero attached hydrogens (tertiary/aromatic N) is 2. The summed E-state index contributed by atoms with van der Waals surface area (Å²) in [6.07, 6.45) is 11.3. The van der Waals surface area contributed by atoms with Gasteiger partial charge in [-0.3, -0.25) is 4.98 Å². The second-order valence-electron chi connectivity index (χ2n) is 9.56. The van der Waals surface area contributed by atoms with Crippen molar-refractivity contribution >= 4 is 0 Å². The molecule has 1 aliphatic rings. The molecule has 2 N–H and O–H groups in total. The molecule has 0 amide bonds. The zero-order valence-corrected chi connectivity index (χ0v) is 20.7. The van der Waals surface area contributed by atoms with Gasteiger partial charge in [0.1, 0.15) is 0 Å². The van der Waals surface area contributed by atoms with Gasteiger partial charge >= 0.3 is 0 Å². The summed E-state index contributed by atoms with van der Waals surface area (Å²) in [7, 11) is 0. The lowest BCUT2D eigenvalue weighted by Gasteiger charge is -2.22. The van der Waals surface area contributed by atoms with Crippen molar-refractivity contribution in [2.75, 3.05) is 19.6 Å². The zero-order chi connectivity index (χ0) is 24.9. The molecule has 0 saturated carbocycles. The topological polar surface area (TPSA) is 76.1 Å². The van der Waals surface area contributed by atoms with Crippen LogP contribution >= 0.6 is 0 Å². The lowest BCUT2D eigenvalue weighted by atomic mass is 9.98. The Morgan fingerprint density at radius 3 is 1.84 bits per heavy atom. The quantitative estimate of drug-likeness (QED) is 0.261. The van der Waals surface area contributed by atoms with Crippen molar-refractivity contribution in [3.05, 3.63) is 97.6 Å². The van der Waals surface area contributed by atoms with Crippen LogP contribution in [0, 0.1) is 5.92 Å². The predicted octanol–water partition coefficient (Wildman–Crippen LogP) is 6.42. The van der Waals surface area contributed by atoms with Gasteiger partial charge in [0.2, 0.25) is 0 Å². The van der Waals surface area contributed by atoms with Crippen LogP contribution in [0.4, 0.5) is 0 Å². The first kappa shape index (κ1) is 23.4. The standard InChI is InChI=1S/C31H30N4O2/c1-5-25(6-2-23(1)27-11-15-36-20-27)30-31(26-7-3-24(4-8-26)28-12-16-37-21-28)35-29(19-34-30)18-33-17-22-9-13-32-14-10-22/h1-8,11-12,15-16,19-22,32-33H,9-10,13-14,17-18H2. The molecule has 0 aliphatic carbocycles. The molecular formula is C31H30N4O2. The lowest BCUT2D eigenvalue weighted by molar-refractivity contribution is 0.356. The van der Waals surface area contributed by atoms with Gasteiger partial charge in [-0.05, 0) is 61.7 Å². The number of benzene rings is 2. The molecule has 5 aromatic rings. The molecule has 0 bridgehead atoms. The van der Waals surface area contributed by atoms with E-state index in [2.05, 4.69) is 59.2 Å². The van der Waals surface area contributed by atoms with Gasteiger partial charge in [-0.15, -0.1) is 0 Å². The summed E-state index contributed by atoms with van der Waals surface area (Å²) in [5, 5.41) is 7.04. The van der Waals surface area contributed by atoms with E-state index in [9.17, 15) is 0 Å². The summed E-state index contributed by atoms with van der Waals surface area (Å²) in [6, 6.07) is 20.8. The molecule has 6 rings (SSSR count). The summed E-state index contributed by atoms with van der Waals surface area (Å²) in [6.45, 7) is 3.93. The van der Waals surface area contributed by atoms with E-state index in [0.717, 1.165) is 76.0 Å². The SMILES string of the molecule is c1cc(-c2ccc(-c3ncc(CNCC4CCNCC4)nc3-c3ccc(-c4ccoc4)cc3)cc2)co1. The summed E-state index contributed by atoms with van der Waals surface area (Å²) in [5.41, 5.74) is 9.10. The van der Waals surface area contributed by atoms with Crippen molar-refractivity contribution < 1.29 is 8.83 Å². The molecule has 6 heteroatoms. The minimum Gasteiger partial charge on any atom is -0.472 e. The number of nitrogens with one attached hydrogen (secondary N) is 2. The first-order valence-electron chi connectivity index (χ1n) is 12.9. The molecular weight excluding hydrogens is 460 g/mol. The highest BCUT2D eigenvalue weighted by Gasteiger charge is 2.15. The molecule has 37 heavy (non-hydrogen) atoms. The minimum atomic E-state index is 0.705. The van der Waals surface area contributed by atoms with Crippen LogP contribution in [-0.2, 0) is 6.54 Å². The summed E-state index contributed by atoms with van der Waals surface area (Å²) >= 11 is 0. The van der Waals surface area contributed by atoms with Crippen LogP contribution in [0.3, 0.4) is 0 Å². The number of piperidine rings is 1. The van der Waals surface area contributed by atoms with Gasteiger partial charge in [0, 0.05) is 28.8 Å². The Bertz CT molecular complexity index is 1400. The van der Waals surface area contributed by atoms with Gasteiger partial charge in [0.25, 0.3) is 0 Å². The van der Waals surface area contributed by atoms with Gasteiger partial charge in [-0.25, -0.2) is 4.98 Å². The summed E-state index contributed by atoms with van der Waals surface area (Å²) < 4.78 is 10.5. The Balaban J connectivity index is 1.29. The third-order valence-corrected chi connectivity index (χ3v) is 7.05. The van der Waals surface area contributed by atoms with E-state index in [1.54, 1.807) is 25.1 Å². The van der Waals surface area contributed by atoms with Crippen molar-refractivity contribution in [3.63, 3.8) is 0 Å². The highest BCUT2D eigenvalue weighted by atomic mass is 16.3. The van der Waals surface area contributed by atoms with Crippen LogP contribution in [-0.4, -0.2) is 29.6 Å². The van der Waals surface area contributed by atoms with Crippen LogP contribution in [0.5, 0.6) is 0 Å². The molecule has 6 nitrogen and oxygen atoms in total. The number of rotatable bonds is 8. The van der Waals surface area contributed by atoms with E-state index < -0.39 is 0 Å². The molecule has 1 saturated heterocycles. The van der Waals surface area contributed by atoms with E-state index in [1.165, 1.54) is 12.8 Å². The number of hydrogen-bond acceptors (Lipinski definition) is 6. The van der Waals surface area contributed by atoms with Crippen LogP contribution in [0.1, 0.15) is 18.5 Å². The third-order valence-electron chi connectivity index (χ3n) is 7.05. The number of aromatic nitrogens is 2. The van der Waals surface area contributed by atoms with Gasteiger partial charge in [-0.2, -0.15) is 0 Å². The van der Waals surface area contributed by atoms with E-state index in [1.807, 2.05) is 18.3 Å². The fourth-order valence-electron chi connectivity index (χ4n) is 4.91. The first-order valence-corrected chi connectivity index (χ1v) is 12.9. The molecule has 0 atom stereocenters. The summed E-state index contributed by atoms with van der Waals surface area (Å²) in [4.78, 5) is 10.0. The Kier molecular flexibility index (Phi) is 6.92. The third kappa shape index (κ3) is 5.40. The molecule has 0 spiro atoms. The van der Waals surface area contributed by atoms with E-state index in [-0.39, 0.29) is 0 Å². The van der Waals surface area contributed by atoms with Crippen LogP contribution < -0.4 is 10.6 Å². The van der Waals surface area contributed by atoms with Crippen LogP contribution in [0.2, 0.25) is 0 Å². The maximum atomic E-state index is 5.26. The Morgan fingerprint density at radius 1 is 0.703 bits per heavy atom. The molecule has 1 fully saturated rings. The van der Waals surface area contributed by atoms with E-state index in [0.29, 0.717) is 6.54 Å². The second-order valence-corrected chi connectivity index (χ2v) is 9.56. The normalized spacial score (nSPS) is 14.2. The van der Waals surface area contributed by atoms with E-state index >= 15 is 0 Å². The predicted molar refractivity (Wildman–Crippen MR) is 146 cm³/mol. The Morgan fingerprint density at radius 2 is 1.27 bits per heavy atom. The highest BCUT2D eigenvalue weighted by Crippen LogP contribution is 2.32. The highest BCUT2D eigenvalue weighted by molar-refractivity contribution is 5.80. The molecule has 4 heterocycles. The second kappa shape index (κ2) is 10.9. The lowest BCUT2D eigenvalue weighted by Crippen LogP contribution is -2.33. The van der Waals surface area contributed by atoms with Crippen molar-refractivity contribution in [2.24, 2.45) is 5.92 Å². The monoisotopic (exact) mass is 490 g/mol. The van der Waals surface area contributed by atoms with Gasteiger partial charge in [-0.1, -0.05) is 48.5 Å². The van der Waals surface area contributed by atoms with Crippen molar-refractivity contribution in [1.82, 2.24) is 20.6 Å².